The summed E-state index contributed by atoms with van der Waals surface area (Å²) in [6.45, 7) is 13.1. The van der Waals surface area contributed by atoms with Gasteiger partial charge in [-0.05, 0) is 42.9 Å². The highest BCUT2D eigenvalue weighted by molar-refractivity contribution is 5.36. The summed E-state index contributed by atoms with van der Waals surface area (Å²) in [6, 6.07) is 8.46. The Morgan fingerprint density at radius 3 is 2.30 bits per heavy atom. The van der Waals surface area contributed by atoms with Crippen LogP contribution in [0.4, 0.5) is 0 Å². The average molecular weight is 277 g/mol. The van der Waals surface area contributed by atoms with Crippen LogP contribution in [0.15, 0.2) is 24.3 Å². The van der Waals surface area contributed by atoms with Gasteiger partial charge in [0.25, 0.3) is 0 Å². The van der Waals surface area contributed by atoms with Crippen LogP contribution in [-0.4, -0.2) is 19.2 Å². The van der Waals surface area contributed by atoms with Crippen molar-refractivity contribution < 1.29 is 4.74 Å². The zero-order valence-electron chi connectivity index (χ0n) is 13.8. The summed E-state index contributed by atoms with van der Waals surface area (Å²) in [5, 5.41) is 3.49. The number of para-hydroxylation sites is 1. The summed E-state index contributed by atoms with van der Waals surface area (Å²) in [7, 11) is 0. The maximum absolute atomic E-state index is 6.24. The van der Waals surface area contributed by atoms with E-state index in [1.54, 1.807) is 0 Å². The van der Waals surface area contributed by atoms with Gasteiger partial charge in [0, 0.05) is 6.54 Å². The second kappa shape index (κ2) is 9.02. The van der Waals surface area contributed by atoms with Crippen molar-refractivity contribution >= 4 is 0 Å². The lowest BCUT2D eigenvalue weighted by atomic mass is 9.98. The topological polar surface area (TPSA) is 21.3 Å². The van der Waals surface area contributed by atoms with E-state index in [0.717, 1.165) is 31.7 Å². The van der Waals surface area contributed by atoms with Crippen LogP contribution in [0.5, 0.6) is 5.75 Å². The first-order chi connectivity index (χ1) is 9.58. The molecule has 0 aromatic heterocycles. The first-order valence-corrected chi connectivity index (χ1v) is 8.04. The molecule has 0 heterocycles. The minimum atomic E-state index is 0.249. The highest BCUT2D eigenvalue weighted by atomic mass is 16.5. The highest BCUT2D eigenvalue weighted by Crippen LogP contribution is 2.29. The Morgan fingerprint density at radius 2 is 1.70 bits per heavy atom. The minimum Gasteiger partial charge on any atom is -0.489 e. The van der Waals surface area contributed by atoms with Crippen molar-refractivity contribution in [3.05, 3.63) is 29.8 Å². The molecular weight excluding hydrogens is 246 g/mol. The lowest BCUT2D eigenvalue weighted by molar-refractivity contribution is 0.189. The van der Waals surface area contributed by atoms with Gasteiger partial charge >= 0.3 is 0 Å². The Morgan fingerprint density at radius 1 is 1.00 bits per heavy atom. The van der Waals surface area contributed by atoms with E-state index in [1.807, 2.05) is 0 Å². The van der Waals surface area contributed by atoms with Crippen LogP contribution in [0.2, 0.25) is 0 Å². The second-order valence-electron chi connectivity index (χ2n) is 6.05. The molecule has 2 unspecified atom stereocenters. The summed E-state index contributed by atoms with van der Waals surface area (Å²) in [6.07, 6.45) is 2.42. The van der Waals surface area contributed by atoms with Crippen LogP contribution < -0.4 is 10.1 Å². The SMILES string of the molecule is CCC(CNCC(C)C)Oc1ccccc1C(C)CC. The molecule has 1 rings (SSSR count). The molecule has 1 aromatic carbocycles. The molecular formula is C18H31NO. The molecule has 0 spiro atoms. The van der Waals surface area contributed by atoms with Crippen molar-refractivity contribution in [3.63, 3.8) is 0 Å². The van der Waals surface area contributed by atoms with Gasteiger partial charge in [-0.2, -0.15) is 0 Å². The van der Waals surface area contributed by atoms with Gasteiger partial charge in [0.1, 0.15) is 11.9 Å². The van der Waals surface area contributed by atoms with E-state index in [-0.39, 0.29) is 6.10 Å². The van der Waals surface area contributed by atoms with Crippen LogP contribution in [0.3, 0.4) is 0 Å². The van der Waals surface area contributed by atoms with Gasteiger partial charge in [-0.3, -0.25) is 0 Å². The van der Waals surface area contributed by atoms with E-state index in [2.05, 4.69) is 64.2 Å². The third-order valence-electron chi connectivity index (χ3n) is 3.74. The molecule has 0 amide bonds. The molecule has 1 N–H and O–H groups in total. The van der Waals surface area contributed by atoms with E-state index in [9.17, 15) is 0 Å². The van der Waals surface area contributed by atoms with Crippen molar-refractivity contribution in [2.75, 3.05) is 13.1 Å². The van der Waals surface area contributed by atoms with Crippen molar-refractivity contribution in [3.8, 4) is 5.75 Å². The Bertz CT molecular complexity index is 375. The molecule has 0 bridgehead atoms. The largest absolute Gasteiger partial charge is 0.489 e. The van der Waals surface area contributed by atoms with Gasteiger partial charge in [-0.25, -0.2) is 0 Å². The number of benzene rings is 1. The second-order valence-corrected chi connectivity index (χ2v) is 6.05. The maximum atomic E-state index is 6.24. The van der Waals surface area contributed by atoms with E-state index in [1.165, 1.54) is 5.56 Å². The maximum Gasteiger partial charge on any atom is 0.123 e. The van der Waals surface area contributed by atoms with Crippen molar-refractivity contribution in [2.45, 2.75) is 59.5 Å². The van der Waals surface area contributed by atoms with Crippen LogP contribution >= 0.6 is 0 Å². The van der Waals surface area contributed by atoms with Crippen LogP contribution in [0.25, 0.3) is 0 Å². The molecule has 2 heteroatoms. The van der Waals surface area contributed by atoms with Crippen molar-refractivity contribution in [2.24, 2.45) is 5.92 Å². The number of hydrogen-bond donors (Lipinski definition) is 1. The van der Waals surface area contributed by atoms with Crippen LogP contribution in [0.1, 0.15) is 58.9 Å². The van der Waals surface area contributed by atoms with Gasteiger partial charge in [-0.1, -0.05) is 52.8 Å². The van der Waals surface area contributed by atoms with Crippen molar-refractivity contribution in [1.29, 1.82) is 0 Å². The number of rotatable bonds is 9. The monoisotopic (exact) mass is 277 g/mol. The third kappa shape index (κ3) is 5.54. The lowest BCUT2D eigenvalue weighted by Gasteiger charge is -2.22. The molecule has 0 saturated heterocycles. The zero-order valence-corrected chi connectivity index (χ0v) is 13.8. The van der Waals surface area contributed by atoms with E-state index < -0.39 is 0 Å². The van der Waals surface area contributed by atoms with E-state index in [0.29, 0.717) is 11.8 Å². The summed E-state index contributed by atoms with van der Waals surface area (Å²) in [4.78, 5) is 0. The Balaban J connectivity index is 2.65. The molecule has 0 fully saturated rings. The normalized spacial score (nSPS) is 14.3. The van der Waals surface area contributed by atoms with Crippen LogP contribution in [0, 0.1) is 5.92 Å². The predicted octanol–water partition coefficient (Wildman–Crippen LogP) is 4.60. The fourth-order valence-corrected chi connectivity index (χ4v) is 2.20. The number of ether oxygens (including phenoxy) is 1. The molecule has 20 heavy (non-hydrogen) atoms. The molecule has 1 aromatic rings. The van der Waals surface area contributed by atoms with Gasteiger partial charge < -0.3 is 10.1 Å². The van der Waals surface area contributed by atoms with Crippen LogP contribution in [-0.2, 0) is 0 Å². The number of nitrogens with one attached hydrogen (secondary N) is 1. The van der Waals surface area contributed by atoms with E-state index >= 15 is 0 Å². The Hall–Kier alpha value is -1.02. The molecule has 2 atom stereocenters. The van der Waals surface area contributed by atoms with Gasteiger partial charge in [0.15, 0.2) is 0 Å². The quantitative estimate of drug-likeness (QED) is 0.712. The molecule has 0 aliphatic rings. The fourth-order valence-electron chi connectivity index (χ4n) is 2.20. The molecule has 0 aliphatic carbocycles. The number of hydrogen-bond acceptors (Lipinski definition) is 2. The molecule has 0 aliphatic heterocycles. The molecule has 0 radical (unpaired) electrons. The smallest absolute Gasteiger partial charge is 0.123 e. The van der Waals surface area contributed by atoms with Gasteiger partial charge in [0.2, 0.25) is 0 Å². The first kappa shape index (κ1) is 17.0. The Kier molecular flexibility index (Phi) is 7.68. The lowest BCUT2D eigenvalue weighted by Crippen LogP contribution is -2.33. The first-order valence-electron chi connectivity index (χ1n) is 8.04. The van der Waals surface area contributed by atoms with E-state index in [4.69, 9.17) is 4.74 Å². The molecule has 2 nitrogen and oxygen atoms in total. The summed E-state index contributed by atoms with van der Waals surface area (Å²) in [5.74, 6) is 2.28. The highest BCUT2D eigenvalue weighted by Gasteiger charge is 2.13. The van der Waals surface area contributed by atoms with Gasteiger partial charge in [0.05, 0.1) is 0 Å². The zero-order chi connectivity index (χ0) is 15.0. The summed E-state index contributed by atoms with van der Waals surface area (Å²) < 4.78 is 6.24. The molecule has 114 valence electrons. The van der Waals surface area contributed by atoms with Crippen molar-refractivity contribution in [1.82, 2.24) is 5.32 Å². The summed E-state index contributed by atoms with van der Waals surface area (Å²) in [5.41, 5.74) is 1.33. The predicted molar refractivity (Wildman–Crippen MR) is 87.6 cm³/mol. The average Bonchev–Trinajstić information content (AvgIpc) is 2.45. The minimum absolute atomic E-state index is 0.249. The third-order valence-corrected chi connectivity index (χ3v) is 3.74. The Labute approximate surface area is 124 Å². The summed E-state index contributed by atoms with van der Waals surface area (Å²) >= 11 is 0. The fraction of sp³-hybridized carbons (Fsp3) is 0.667. The van der Waals surface area contributed by atoms with Gasteiger partial charge in [-0.15, -0.1) is 0 Å². The molecule has 0 saturated carbocycles. The standard InChI is InChI=1S/C18H31NO/c1-6-15(5)17-10-8-9-11-18(17)20-16(7-2)13-19-12-14(3)4/h8-11,14-16,19H,6-7,12-13H2,1-5H3.